The van der Waals surface area contributed by atoms with Crippen LogP contribution < -0.4 is 4.90 Å². The molecule has 38 heavy (non-hydrogen) atoms. The minimum absolute atomic E-state index is 0.0623. The Kier molecular flexibility index (Phi) is 7.07. The van der Waals surface area contributed by atoms with Crippen LogP contribution >= 0.6 is 0 Å². The van der Waals surface area contributed by atoms with Crippen LogP contribution in [0.25, 0.3) is 12.2 Å². The van der Waals surface area contributed by atoms with Gasteiger partial charge in [0.05, 0.1) is 17.9 Å². The van der Waals surface area contributed by atoms with Crippen LogP contribution in [0.5, 0.6) is 0 Å². The molecule has 6 heteroatoms. The molecule has 2 saturated heterocycles. The van der Waals surface area contributed by atoms with Crippen molar-refractivity contribution in [3.05, 3.63) is 59.7 Å². The molecule has 4 atom stereocenters. The van der Waals surface area contributed by atoms with Crippen molar-refractivity contribution in [1.29, 1.82) is 0 Å². The third kappa shape index (κ3) is 4.96. The molecule has 0 aromatic heterocycles. The zero-order valence-corrected chi connectivity index (χ0v) is 22.7. The molecular weight excluding hydrogens is 474 g/mol. The maximum absolute atomic E-state index is 14.6. The van der Waals surface area contributed by atoms with Gasteiger partial charge in [0.15, 0.2) is 0 Å². The van der Waals surface area contributed by atoms with E-state index in [0.29, 0.717) is 6.54 Å². The van der Waals surface area contributed by atoms with Gasteiger partial charge in [0.2, 0.25) is 0 Å². The molecule has 198 valence electrons. The fourth-order valence-corrected chi connectivity index (χ4v) is 6.33. The van der Waals surface area contributed by atoms with E-state index in [4.69, 9.17) is 0 Å². The van der Waals surface area contributed by atoms with E-state index in [1.807, 2.05) is 67.7 Å². The number of hydrogen-bond donors (Lipinski definition) is 1. The number of carbonyl (C=O) groups excluding carboxylic acids is 1. The number of carboxylic acids is 1. The molecule has 3 heterocycles. The van der Waals surface area contributed by atoms with Gasteiger partial charge in [0.25, 0.3) is 0 Å². The van der Waals surface area contributed by atoms with E-state index in [-0.39, 0.29) is 29.4 Å². The van der Waals surface area contributed by atoms with Gasteiger partial charge < -0.3 is 10.0 Å². The highest BCUT2D eigenvalue weighted by Crippen LogP contribution is 2.43. The molecular formula is C32H37N3O3. The molecule has 1 aliphatic carbocycles. The molecule has 6 nitrogen and oxygen atoms in total. The van der Waals surface area contributed by atoms with Gasteiger partial charge in [-0.2, -0.15) is 0 Å². The van der Waals surface area contributed by atoms with Gasteiger partial charge in [-0.25, -0.2) is 9.59 Å². The largest absolute Gasteiger partial charge is 0.480 e. The molecule has 2 bridgehead atoms. The standard InChI is InChI=1S/C32H37N3O3/c1-32(2,3)19-10-20-33(4)28-21-24-13-9-14-25(28)29(30(36)37)34(24)31(38)35-26-15-7-5-11-22(26)17-18-23-12-6-8-16-27(23)35/h5-8,11-12,15-18,24-25,28-29H,9,13-14,20-21H2,1-4H3,(H,36,37)/t24-,25+,28?,29-/m0/s1. The minimum Gasteiger partial charge on any atom is -0.480 e. The number of piperidine rings is 1. The summed E-state index contributed by atoms with van der Waals surface area (Å²) in [5.41, 5.74) is 3.33. The summed E-state index contributed by atoms with van der Waals surface area (Å²) in [6, 6.07) is 14.4. The number of aliphatic carboxylic acids is 1. The highest BCUT2D eigenvalue weighted by molar-refractivity contribution is 6.06. The van der Waals surface area contributed by atoms with Gasteiger partial charge in [-0.05, 0) is 70.3 Å². The molecule has 2 amide bonds. The van der Waals surface area contributed by atoms with Gasteiger partial charge in [-0.3, -0.25) is 9.80 Å². The van der Waals surface area contributed by atoms with Crippen LogP contribution in [0.1, 0.15) is 57.6 Å². The Balaban J connectivity index is 1.52. The van der Waals surface area contributed by atoms with Crippen LogP contribution in [0.2, 0.25) is 0 Å². The molecule has 3 aliphatic heterocycles. The zero-order valence-electron chi connectivity index (χ0n) is 22.7. The number of amides is 2. The Hall–Kier alpha value is -3.56. The Morgan fingerprint density at radius 2 is 1.61 bits per heavy atom. The van der Waals surface area contributed by atoms with Crippen molar-refractivity contribution in [3.8, 4) is 11.8 Å². The molecule has 1 saturated carbocycles. The molecule has 0 spiro atoms. The van der Waals surface area contributed by atoms with E-state index in [0.717, 1.165) is 48.2 Å². The second kappa shape index (κ2) is 10.3. The second-order valence-corrected chi connectivity index (χ2v) is 11.8. The first-order valence-corrected chi connectivity index (χ1v) is 13.6. The van der Waals surface area contributed by atoms with Crippen LogP contribution in [0.4, 0.5) is 16.2 Å². The number of para-hydroxylation sites is 2. The summed E-state index contributed by atoms with van der Waals surface area (Å²) in [4.78, 5) is 33.1. The maximum Gasteiger partial charge on any atom is 0.330 e. The van der Waals surface area contributed by atoms with Gasteiger partial charge in [0.1, 0.15) is 6.04 Å². The summed E-state index contributed by atoms with van der Waals surface area (Å²) in [5, 5.41) is 10.6. The number of carbonyl (C=O) groups is 2. The van der Waals surface area contributed by atoms with E-state index < -0.39 is 12.0 Å². The molecule has 1 N–H and O–H groups in total. The molecule has 1 unspecified atom stereocenters. The Morgan fingerprint density at radius 1 is 1.00 bits per heavy atom. The van der Waals surface area contributed by atoms with E-state index in [1.54, 1.807) is 9.80 Å². The fraction of sp³-hybridized carbons (Fsp3) is 0.438. The molecule has 0 radical (unpaired) electrons. The number of carboxylic acid groups (broad SMARTS) is 1. The van der Waals surface area contributed by atoms with Crippen molar-refractivity contribution in [3.63, 3.8) is 0 Å². The number of rotatable bonds is 3. The third-order valence-corrected chi connectivity index (χ3v) is 8.00. The monoisotopic (exact) mass is 511 g/mol. The predicted octanol–water partition coefficient (Wildman–Crippen LogP) is 6.11. The number of hydrogen-bond acceptors (Lipinski definition) is 3. The first kappa shape index (κ1) is 26.1. The minimum atomic E-state index is -0.927. The topological polar surface area (TPSA) is 64.1 Å². The predicted molar refractivity (Wildman–Crippen MR) is 152 cm³/mol. The summed E-state index contributed by atoms with van der Waals surface area (Å²) in [7, 11) is 2.04. The number of anilines is 2. The Labute approximate surface area is 225 Å². The van der Waals surface area contributed by atoms with E-state index in [1.165, 1.54) is 0 Å². The fourth-order valence-electron chi connectivity index (χ4n) is 6.33. The van der Waals surface area contributed by atoms with Gasteiger partial charge in [-0.1, -0.05) is 66.8 Å². The summed E-state index contributed by atoms with van der Waals surface area (Å²) < 4.78 is 0. The molecule has 6 rings (SSSR count). The quantitative estimate of drug-likeness (QED) is 0.506. The summed E-state index contributed by atoms with van der Waals surface area (Å²) in [6.45, 7) is 6.86. The second-order valence-electron chi connectivity index (χ2n) is 11.8. The van der Waals surface area contributed by atoms with Crippen molar-refractivity contribution < 1.29 is 14.7 Å². The SMILES string of the molecule is CN(CC#CC(C)(C)C)C1C[C@@H]2CCC[C@H]1[C@@H](C(=O)O)N2C(=O)N1c2ccccc2C=Cc2ccccc21. The van der Waals surface area contributed by atoms with Crippen LogP contribution in [-0.2, 0) is 4.79 Å². The summed E-state index contributed by atoms with van der Waals surface area (Å²) in [6.07, 6.45) is 7.30. The van der Waals surface area contributed by atoms with Crippen LogP contribution in [0, 0.1) is 23.2 Å². The first-order valence-electron chi connectivity index (χ1n) is 13.6. The van der Waals surface area contributed by atoms with E-state index >= 15 is 0 Å². The van der Waals surface area contributed by atoms with Crippen molar-refractivity contribution in [2.75, 3.05) is 18.5 Å². The maximum atomic E-state index is 14.6. The van der Waals surface area contributed by atoms with Crippen LogP contribution in [0.15, 0.2) is 48.5 Å². The lowest BCUT2D eigenvalue weighted by Crippen LogP contribution is -2.64. The van der Waals surface area contributed by atoms with Crippen molar-refractivity contribution in [2.45, 2.75) is 64.6 Å². The average Bonchev–Trinajstić information content (AvgIpc) is 3.27. The van der Waals surface area contributed by atoms with E-state index in [2.05, 4.69) is 37.5 Å². The third-order valence-electron chi connectivity index (χ3n) is 8.00. The number of nitrogens with zero attached hydrogens (tertiary/aromatic N) is 3. The lowest BCUT2D eigenvalue weighted by Gasteiger charge is -2.49. The van der Waals surface area contributed by atoms with Gasteiger partial charge in [-0.15, -0.1) is 0 Å². The lowest BCUT2D eigenvalue weighted by molar-refractivity contribution is -0.148. The highest BCUT2D eigenvalue weighted by Gasteiger charge is 2.52. The summed E-state index contributed by atoms with van der Waals surface area (Å²) in [5.74, 6) is 5.50. The Morgan fingerprint density at radius 3 is 2.18 bits per heavy atom. The molecule has 4 aliphatic rings. The first-order chi connectivity index (χ1) is 18.2. The van der Waals surface area contributed by atoms with Crippen molar-refractivity contribution in [2.24, 2.45) is 11.3 Å². The smallest absolute Gasteiger partial charge is 0.330 e. The summed E-state index contributed by atoms with van der Waals surface area (Å²) >= 11 is 0. The normalized spacial score (nSPS) is 24.1. The lowest BCUT2D eigenvalue weighted by atomic mass is 9.81. The van der Waals surface area contributed by atoms with Crippen molar-refractivity contribution >= 4 is 35.5 Å². The number of benzene rings is 2. The van der Waals surface area contributed by atoms with Gasteiger partial charge in [0, 0.05) is 23.4 Å². The highest BCUT2D eigenvalue weighted by atomic mass is 16.4. The molecule has 2 aromatic rings. The zero-order chi connectivity index (χ0) is 27.0. The molecule has 2 aromatic carbocycles. The van der Waals surface area contributed by atoms with Crippen LogP contribution in [0.3, 0.4) is 0 Å². The Bertz CT molecular complexity index is 1270. The number of fused-ring (bicyclic) bond motifs is 6. The molecule has 3 fully saturated rings. The average molecular weight is 512 g/mol. The van der Waals surface area contributed by atoms with Crippen molar-refractivity contribution in [1.82, 2.24) is 9.80 Å². The van der Waals surface area contributed by atoms with E-state index in [9.17, 15) is 14.7 Å². The van der Waals surface area contributed by atoms with Crippen LogP contribution in [-0.4, -0.2) is 58.6 Å². The van der Waals surface area contributed by atoms with Gasteiger partial charge >= 0.3 is 12.0 Å². The number of urea groups is 1.